The average Bonchev–Trinajstić information content (AvgIpc) is 3.68. The van der Waals surface area contributed by atoms with E-state index in [1.54, 1.807) is 6.92 Å². The average molecular weight is 593 g/mol. The molecule has 0 amide bonds. The number of ether oxygens (including phenoxy) is 2. The fraction of sp³-hybridized carbons (Fsp3) is 0.533. The highest BCUT2D eigenvalue weighted by Crippen LogP contribution is 2.60. The number of halogens is 4. The first-order valence-corrected chi connectivity index (χ1v) is 14.3. The van der Waals surface area contributed by atoms with Crippen molar-refractivity contribution in [2.75, 3.05) is 13.7 Å². The van der Waals surface area contributed by atoms with Crippen LogP contribution in [0.15, 0.2) is 24.3 Å². The molecule has 1 heterocycles. The van der Waals surface area contributed by atoms with Crippen LogP contribution >= 0.6 is 11.6 Å². The molecule has 0 radical (unpaired) electrons. The number of hydrogen-bond acceptors (Lipinski definition) is 6. The summed E-state index contributed by atoms with van der Waals surface area (Å²) in [5.74, 6) is -2.41. The van der Waals surface area contributed by atoms with Crippen molar-refractivity contribution in [2.45, 2.75) is 70.4 Å². The van der Waals surface area contributed by atoms with Gasteiger partial charge in [0.2, 0.25) is 0 Å². The second-order valence-electron chi connectivity index (χ2n) is 11.1. The molecule has 0 aliphatic heterocycles. The molecule has 2 aromatic rings. The van der Waals surface area contributed by atoms with Gasteiger partial charge in [0.1, 0.15) is 0 Å². The van der Waals surface area contributed by atoms with Gasteiger partial charge in [-0.2, -0.15) is 23.0 Å². The van der Waals surface area contributed by atoms with Gasteiger partial charge >= 0.3 is 18.1 Å². The van der Waals surface area contributed by atoms with Gasteiger partial charge in [0.05, 0.1) is 52.9 Å². The Labute approximate surface area is 241 Å². The number of benzene rings is 1. The van der Waals surface area contributed by atoms with Crippen LogP contribution in [0.25, 0.3) is 5.57 Å². The molecule has 41 heavy (non-hydrogen) atoms. The molecule has 1 aromatic heterocycles. The van der Waals surface area contributed by atoms with Gasteiger partial charge in [-0.05, 0) is 68.6 Å². The Morgan fingerprint density at radius 3 is 2.49 bits per heavy atom. The summed E-state index contributed by atoms with van der Waals surface area (Å²) in [4.78, 5) is 39.0. The number of esters is 2. The standard InChI is InChI=1S/C30H32ClF3N2O5/c1-4-41-28(39)19-10-8-17(14-16(19)2)25-20-11-9-18(27(38)40-3)15-23(20)36(35-25)26(37)24-21(6-5-7-22(24)31)29(12-13-29)30(32,33)34/h5-7,14,16,18-19H,4,8-13,15H2,1-3H3. The van der Waals surface area contributed by atoms with Crippen molar-refractivity contribution in [2.24, 2.45) is 17.8 Å². The van der Waals surface area contributed by atoms with Crippen molar-refractivity contribution in [1.82, 2.24) is 9.78 Å². The highest BCUT2D eigenvalue weighted by Gasteiger charge is 2.65. The van der Waals surface area contributed by atoms with Crippen LogP contribution in [0.5, 0.6) is 0 Å². The summed E-state index contributed by atoms with van der Waals surface area (Å²) in [6.07, 6.45) is -0.724. The molecular weight excluding hydrogens is 561 g/mol. The molecule has 220 valence electrons. The maximum absolute atomic E-state index is 14.2. The highest BCUT2D eigenvalue weighted by atomic mass is 35.5. The fourth-order valence-corrected chi connectivity index (χ4v) is 6.61. The molecule has 3 aliphatic carbocycles. The highest BCUT2D eigenvalue weighted by molar-refractivity contribution is 6.34. The maximum Gasteiger partial charge on any atom is 0.398 e. The summed E-state index contributed by atoms with van der Waals surface area (Å²) in [5.41, 5.74) is 0.150. The topological polar surface area (TPSA) is 87.5 Å². The van der Waals surface area contributed by atoms with Crippen LogP contribution in [0.3, 0.4) is 0 Å². The first-order chi connectivity index (χ1) is 19.4. The molecule has 1 fully saturated rings. The first kappa shape index (κ1) is 29.4. The number of alkyl halides is 3. The molecule has 3 atom stereocenters. The number of fused-ring (bicyclic) bond motifs is 1. The Bertz CT molecular complexity index is 1430. The molecule has 0 N–H and O–H groups in total. The van der Waals surface area contributed by atoms with E-state index in [4.69, 9.17) is 21.1 Å². The third-order valence-electron chi connectivity index (χ3n) is 8.75. The molecule has 1 saturated carbocycles. The summed E-state index contributed by atoms with van der Waals surface area (Å²) < 4.78 is 53.8. The van der Waals surface area contributed by atoms with Gasteiger partial charge < -0.3 is 9.47 Å². The number of rotatable bonds is 6. The van der Waals surface area contributed by atoms with E-state index in [2.05, 4.69) is 5.10 Å². The maximum atomic E-state index is 14.2. The van der Waals surface area contributed by atoms with Crippen molar-refractivity contribution in [3.8, 4) is 0 Å². The monoisotopic (exact) mass is 592 g/mol. The van der Waals surface area contributed by atoms with Crippen LogP contribution in [-0.4, -0.2) is 47.5 Å². The SMILES string of the molecule is CCOC(=O)C1CCC(c2nn(C(=O)c3c(Cl)cccc3C3(C(F)(F)F)CC3)c3c2CCC(C(=O)OC)C3)=CC1C. The van der Waals surface area contributed by atoms with Gasteiger partial charge in [-0.3, -0.25) is 14.4 Å². The molecular formula is C30H32ClF3N2O5. The van der Waals surface area contributed by atoms with Crippen LogP contribution in [0, 0.1) is 17.8 Å². The van der Waals surface area contributed by atoms with Gasteiger partial charge in [0.15, 0.2) is 0 Å². The first-order valence-electron chi connectivity index (χ1n) is 13.9. The van der Waals surface area contributed by atoms with E-state index >= 15 is 0 Å². The Hall–Kier alpha value is -3.14. The minimum absolute atomic E-state index is 0.0862. The molecule has 0 spiro atoms. The van der Waals surface area contributed by atoms with Gasteiger partial charge in [-0.25, -0.2) is 0 Å². The molecule has 7 nitrogen and oxygen atoms in total. The van der Waals surface area contributed by atoms with E-state index in [0.29, 0.717) is 43.7 Å². The Kier molecular flexibility index (Phi) is 7.82. The van der Waals surface area contributed by atoms with Crippen LogP contribution in [0.1, 0.15) is 78.8 Å². The van der Waals surface area contributed by atoms with Gasteiger partial charge in [-0.15, -0.1) is 0 Å². The quantitative estimate of drug-likeness (QED) is 0.377. The van der Waals surface area contributed by atoms with Gasteiger partial charge in [0, 0.05) is 12.0 Å². The number of carbonyl (C=O) groups excluding carboxylic acids is 3. The Morgan fingerprint density at radius 2 is 1.88 bits per heavy atom. The molecule has 1 aromatic carbocycles. The van der Waals surface area contributed by atoms with E-state index in [0.717, 1.165) is 15.8 Å². The summed E-state index contributed by atoms with van der Waals surface area (Å²) in [6.45, 7) is 3.97. The lowest BCUT2D eigenvalue weighted by Gasteiger charge is -2.26. The molecule has 3 aliphatic rings. The van der Waals surface area contributed by atoms with E-state index < -0.39 is 29.4 Å². The Morgan fingerprint density at radius 1 is 1.15 bits per heavy atom. The third kappa shape index (κ3) is 5.08. The predicted octanol–water partition coefficient (Wildman–Crippen LogP) is 6.09. The van der Waals surface area contributed by atoms with Crippen molar-refractivity contribution in [3.05, 3.63) is 57.4 Å². The number of aromatic nitrogens is 2. The molecule has 11 heteroatoms. The summed E-state index contributed by atoms with van der Waals surface area (Å²) >= 11 is 6.43. The van der Waals surface area contributed by atoms with E-state index in [-0.39, 0.29) is 53.2 Å². The zero-order chi connectivity index (χ0) is 29.7. The predicted molar refractivity (Wildman–Crippen MR) is 144 cm³/mol. The van der Waals surface area contributed by atoms with Crippen molar-refractivity contribution in [3.63, 3.8) is 0 Å². The molecule has 0 bridgehead atoms. The number of methoxy groups -OCH3 is 1. The largest absolute Gasteiger partial charge is 0.469 e. The zero-order valence-electron chi connectivity index (χ0n) is 23.1. The van der Waals surface area contributed by atoms with Gasteiger partial charge in [-0.1, -0.05) is 36.7 Å². The smallest absolute Gasteiger partial charge is 0.398 e. The lowest BCUT2D eigenvalue weighted by atomic mass is 9.79. The van der Waals surface area contributed by atoms with Crippen LogP contribution in [0.2, 0.25) is 5.02 Å². The van der Waals surface area contributed by atoms with Gasteiger partial charge in [0.25, 0.3) is 5.91 Å². The summed E-state index contributed by atoms with van der Waals surface area (Å²) in [7, 11) is 1.29. The number of carbonyl (C=O) groups is 3. The molecule has 0 saturated heterocycles. The van der Waals surface area contributed by atoms with Crippen molar-refractivity contribution >= 4 is 35.0 Å². The van der Waals surface area contributed by atoms with E-state index in [1.807, 2.05) is 13.0 Å². The lowest BCUT2D eigenvalue weighted by molar-refractivity contribution is -0.160. The minimum atomic E-state index is -4.55. The molecule has 3 unspecified atom stereocenters. The van der Waals surface area contributed by atoms with Crippen LogP contribution in [-0.2, 0) is 37.3 Å². The number of allylic oxidation sites excluding steroid dienone is 2. The van der Waals surface area contributed by atoms with Crippen LogP contribution in [0.4, 0.5) is 13.2 Å². The second kappa shape index (κ2) is 10.9. The molecule has 5 rings (SSSR count). The number of hydrogen-bond donors (Lipinski definition) is 0. The van der Waals surface area contributed by atoms with Crippen molar-refractivity contribution < 1.29 is 37.0 Å². The number of nitrogens with zero attached hydrogens (tertiary/aromatic N) is 2. The normalized spacial score (nSPS) is 23.3. The zero-order valence-corrected chi connectivity index (χ0v) is 23.9. The summed E-state index contributed by atoms with van der Waals surface area (Å²) in [5, 5.41) is 4.60. The van der Waals surface area contributed by atoms with Crippen molar-refractivity contribution in [1.29, 1.82) is 0 Å². The summed E-state index contributed by atoms with van der Waals surface area (Å²) in [6, 6.07) is 4.14. The lowest BCUT2D eigenvalue weighted by Crippen LogP contribution is -2.32. The third-order valence-corrected chi connectivity index (χ3v) is 9.07. The second-order valence-corrected chi connectivity index (χ2v) is 11.6. The minimum Gasteiger partial charge on any atom is -0.469 e. The van der Waals surface area contributed by atoms with Crippen LogP contribution < -0.4 is 0 Å². The van der Waals surface area contributed by atoms with E-state index in [9.17, 15) is 27.6 Å². The fourth-order valence-electron chi connectivity index (χ4n) is 6.35. The van der Waals surface area contributed by atoms with E-state index in [1.165, 1.54) is 25.3 Å². The Balaban J connectivity index is 1.61.